The molecule has 0 amide bonds. The Bertz CT molecular complexity index is 374. The Morgan fingerprint density at radius 1 is 0.875 bits per heavy atom. The van der Waals surface area contributed by atoms with Crippen molar-refractivity contribution in [1.82, 2.24) is 0 Å². The van der Waals surface area contributed by atoms with Crippen molar-refractivity contribution >= 4 is 0 Å². The first-order valence-electron chi connectivity index (χ1n) is 10.4. The second-order valence-electron chi connectivity index (χ2n) is 8.07. The normalized spacial score (nSPS) is 34.0. The molecule has 24 heavy (non-hydrogen) atoms. The van der Waals surface area contributed by atoms with E-state index in [1.807, 2.05) is 0 Å². The van der Waals surface area contributed by atoms with E-state index in [0.717, 1.165) is 38.4 Å². The van der Waals surface area contributed by atoms with E-state index in [9.17, 15) is 5.26 Å². The van der Waals surface area contributed by atoms with Crippen LogP contribution >= 0.6 is 0 Å². The van der Waals surface area contributed by atoms with Crippen LogP contribution in [0.1, 0.15) is 90.9 Å². The highest BCUT2D eigenvalue weighted by molar-refractivity contribution is 5.04. The van der Waals surface area contributed by atoms with E-state index in [1.54, 1.807) is 0 Å². The standard InChI is InChI=1S/C21H37NO2/c1-3-5-6-7-8-10-18-11-13-21(17-22,14-12-18)20-23-15-19(9-4-2)16-24-20/h18-20H,3-16H2,1-2H3/t18-,19?,20?,21-. The van der Waals surface area contributed by atoms with Gasteiger partial charge in [-0.05, 0) is 38.0 Å². The number of rotatable bonds is 9. The van der Waals surface area contributed by atoms with Crippen molar-refractivity contribution in [3.8, 4) is 6.07 Å². The highest BCUT2D eigenvalue weighted by Crippen LogP contribution is 2.45. The van der Waals surface area contributed by atoms with Gasteiger partial charge in [-0.3, -0.25) is 0 Å². The van der Waals surface area contributed by atoms with E-state index in [1.165, 1.54) is 57.8 Å². The molecule has 1 aliphatic carbocycles. The molecule has 0 aromatic rings. The zero-order valence-electron chi connectivity index (χ0n) is 15.9. The maximum Gasteiger partial charge on any atom is 0.176 e. The maximum atomic E-state index is 9.81. The van der Waals surface area contributed by atoms with Crippen LogP contribution < -0.4 is 0 Å². The van der Waals surface area contributed by atoms with Gasteiger partial charge in [-0.15, -0.1) is 0 Å². The molecule has 2 aliphatic rings. The molecular weight excluding hydrogens is 298 g/mol. The molecule has 1 aliphatic heterocycles. The first kappa shape index (κ1) is 19.7. The van der Waals surface area contributed by atoms with Gasteiger partial charge in [-0.1, -0.05) is 58.8 Å². The van der Waals surface area contributed by atoms with E-state index in [0.29, 0.717) is 5.92 Å². The van der Waals surface area contributed by atoms with Gasteiger partial charge in [0.05, 0.1) is 19.3 Å². The molecule has 2 rings (SSSR count). The van der Waals surface area contributed by atoms with Crippen LogP contribution in [-0.4, -0.2) is 19.5 Å². The molecule has 0 atom stereocenters. The highest BCUT2D eigenvalue weighted by Gasteiger charge is 2.45. The van der Waals surface area contributed by atoms with Crippen molar-refractivity contribution in [2.45, 2.75) is 97.2 Å². The molecule has 0 N–H and O–H groups in total. The number of unbranched alkanes of at least 4 members (excludes halogenated alkanes) is 4. The number of hydrogen-bond acceptors (Lipinski definition) is 3. The highest BCUT2D eigenvalue weighted by atomic mass is 16.7. The summed E-state index contributed by atoms with van der Waals surface area (Å²) >= 11 is 0. The molecule has 3 nitrogen and oxygen atoms in total. The molecular formula is C21H37NO2. The van der Waals surface area contributed by atoms with Crippen LogP contribution in [0.3, 0.4) is 0 Å². The van der Waals surface area contributed by atoms with Crippen LogP contribution in [-0.2, 0) is 9.47 Å². The first-order valence-corrected chi connectivity index (χ1v) is 10.4. The zero-order chi connectivity index (χ0) is 17.3. The summed E-state index contributed by atoms with van der Waals surface area (Å²) < 4.78 is 12.0. The fraction of sp³-hybridized carbons (Fsp3) is 0.952. The number of hydrogen-bond donors (Lipinski definition) is 0. The van der Waals surface area contributed by atoms with Gasteiger partial charge in [0.25, 0.3) is 0 Å². The summed E-state index contributed by atoms with van der Waals surface area (Å²) in [5, 5.41) is 9.81. The Hall–Kier alpha value is -0.590. The SMILES string of the molecule is CCCCCCC[C@H]1CC[C@](C#N)(C2OCC(CCC)CO2)CC1. The lowest BCUT2D eigenvalue weighted by molar-refractivity contribution is -0.247. The van der Waals surface area contributed by atoms with Crippen LogP contribution in [0.25, 0.3) is 0 Å². The fourth-order valence-corrected chi connectivity index (χ4v) is 4.36. The molecule has 0 aromatic carbocycles. The minimum atomic E-state index is -0.393. The monoisotopic (exact) mass is 335 g/mol. The van der Waals surface area contributed by atoms with Crippen molar-refractivity contribution in [3.05, 3.63) is 0 Å². The second-order valence-corrected chi connectivity index (χ2v) is 8.07. The van der Waals surface area contributed by atoms with Crippen LogP contribution in [0, 0.1) is 28.6 Å². The predicted molar refractivity (Wildman–Crippen MR) is 97.5 cm³/mol. The van der Waals surface area contributed by atoms with E-state index in [2.05, 4.69) is 19.9 Å². The van der Waals surface area contributed by atoms with Crippen molar-refractivity contribution in [2.24, 2.45) is 17.3 Å². The summed E-state index contributed by atoms with van der Waals surface area (Å²) in [5.41, 5.74) is -0.393. The Kier molecular flexibility index (Phi) is 8.56. The van der Waals surface area contributed by atoms with Crippen molar-refractivity contribution in [1.29, 1.82) is 5.26 Å². The fourth-order valence-electron chi connectivity index (χ4n) is 4.36. The van der Waals surface area contributed by atoms with E-state index < -0.39 is 5.41 Å². The molecule has 1 saturated heterocycles. The molecule has 0 bridgehead atoms. The van der Waals surface area contributed by atoms with Crippen LogP contribution in [0.5, 0.6) is 0 Å². The zero-order valence-corrected chi connectivity index (χ0v) is 15.9. The van der Waals surface area contributed by atoms with Gasteiger partial charge < -0.3 is 9.47 Å². The average molecular weight is 336 g/mol. The third kappa shape index (κ3) is 5.46. The van der Waals surface area contributed by atoms with Gasteiger partial charge in [0, 0.05) is 5.92 Å². The lowest BCUT2D eigenvalue weighted by Crippen LogP contribution is -2.45. The van der Waals surface area contributed by atoms with Crippen molar-refractivity contribution in [2.75, 3.05) is 13.2 Å². The molecule has 0 radical (unpaired) electrons. The third-order valence-electron chi connectivity index (χ3n) is 6.05. The number of nitriles is 1. The summed E-state index contributed by atoms with van der Waals surface area (Å²) in [7, 11) is 0. The molecule has 2 fully saturated rings. The number of ether oxygens (including phenoxy) is 2. The second kappa shape index (κ2) is 10.4. The molecule has 0 unspecified atom stereocenters. The summed E-state index contributed by atoms with van der Waals surface area (Å²) in [4.78, 5) is 0. The van der Waals surface area contributed by atoms with Gasteiger partial charge in [0.1, 0.15) is 5.41 Å². The van der Waals surface area contributed by atoms with Crippen LogP contribution in [0.4, 0.5) is 0 Å². The lowest BCUT2D eigenvalue weighted by atomic mass is 9.69. The molecule has 0 spiro atoms. The Morgan fingerprint density at radius 2 is 1.54 bits per heavy atom. The molecule has 138 valence electrons. The molecule has 1 saturated carbocycles. The summed E-state index contributed by atoms with van der Waals surface area (Å²) in [6.07, 6.45) is 14.4. The van der Waals surface area contributed by atoms with Gasteiger partial charge >= 0.3 is 0 Å². The summed E-state index contributed by atoms with van der Waals surface area (Å²) in [6, 6.07) is 2.59. The van der Waals surface area contributed by atoms with Gasteiger partial charge in [0.2, 0.25) is 0 Å². The van der Waals surface area contributed by atoms with Crippen molar-refractivity contribution in [3.63, 3.8) is 0 Å². The number of nitrogens with zero attached hydrogens (tertiary/aromatic N) is 1. The smallest absolute Gasteiger partial charge is 0.176 e. The molecule has 3 heteroatoms. The van der Waals surface area contributed by atoms with Crippen LogP contribution in [0.2, 0.25) is 0 Å². The van der Waals surface area contributed by atoms with Crippen molar-refractivity contribution < 1.29 is 9.47 Å². The Morgan fingerprint density at radius 3 is 2.12 bits per heavy atom. The third-order valence-corrected chi connectivity index (χ3v) is 6.05. The van der Waals surface area contributed by atoms with Gasteiger partial charge in [-0.2, -0.15) is 5.26 Å². The minimum Gasteiger partial charge on any atom is -0.351 e. The maximum absolute atomic E-state index is 9.81. The van der Waals surface area contributed by atoms with E-state index in [-0.39, 0.29) is 6.29 Å². The topological polar surface area (TPSA) is 42.2 Å². The summed E-state index contributed by atoms with van der Waals surface area (Å²) in [6.45, 7) is 6.00. The van der Waals surface area contributed by atoms with Gasteiger partial charge in [0.15, 0.2) is 6.29 Å². The van der Waals surface area contributed by atoms with E-state index >= 15 is 0 Å². The molecule has 1 heterocycles. The lowest BCUT2D eigenvalue weighted by Gasteiger charge is -2.42. The minimum absolute atomic E-state index is 0.291. The van der Waals surface area contributed by atoms with Gasteiger partial charge in [-0.25, -0.2) is 0 Å². The quantitative estimate of drug-likeness (QED) is 0.497. The van der Waals surface area contributed by atoms with Crippen LogP contribution in [0.15, 0.2) is 0 Å². The predicted octanol–water partition coefficient (Wildman–Crippen LogP) is 5.84. The Balaban J connectivity index is 1.72. The largest absolute Gasteiger partial charge is 0.351 e. The molecule has 0 aromatic heterocycles. The average Bonchev–Trinajstić information content (AvgIpc) is 2.63. The first-order chi connectivity index (χ1) is 11.7. The Labute approximate surface area is 149 Å². The summed E-state index contributed by atoms with van der Waals surface area (Å²) in [5.74, 6) is 1.32. The van der Waals surface area contributed by atoms with E-state index in [4.69, 9.17) is 9.47 Å².